The summed E-state index contributed by atoms with van der Waals surface area (Å²) in [5.74, 6) is -41.4. The van der Waals surface area contributed by atoms with Crippen LogP contribution in [-0.2, 0) is 0 Å². The molecule has 18 heteroatoms. The molecule has 0 spiro atoms. The van der Waals surface area contributed by atoms with Gasteiger partial charge in [-0.1, -0.05) is 0 Å². The molecule has 0 heterocycles. The molecule has 0 amide bonds. The van der Waals surface area contributed by atoms with Gasteiger partial charge < -0.3 is 0 Å². The van der Waals surface area contributed by atoms with Crippen LogP contribution in [0.5, 0.6) is 0 Å². The van der Waals surface area contributed by atoms with Crippen LogP contribution in [0.15, 0.2) is 0 Å². The van der Waals surface area contributed by atoms with Crippen molar-refractivity contribution in [2.75, 3.05) is 0 Å². The molecule has 0 bridgehead atoms. The molecule has 0 aromatic rings. The minimum atomic E-state index is -8.52. The molecular weight excluding hydrogens is 499 g/mol. The zero-order valence-electron chi connectivity index (χ0n) is 10.8. The monoisotopic (exact) mass is 498 g/mol. The highest BCUT2D eigenvalue weighted by molar-refractivity contribution is 9.10. The molecule has 0 saturated carbocycles. The molecule has 0 fully saturated rings. The van der Waals surface area contributed by atoms with E-state index in [9.17, 15) is 74.6 Å². The van der Waals surface area contributed by atoms with Crippen molar-refractivity contribution in [1.82, 2.24) is 0 Å². The van der Waals surface area contributed by atoms with Crippen LogP contribution in [0, 0.1) is 0 Å². The van der Waals surface area contributed by atoms with Crippen LogP contribution in [-0.4, -0.2) is 46.5 Å². The number of halogens is 18. The fourth-order valence-corrected chi connectivity index (χ4v) is 1.39. The Hall–Kier alpha value is -0.710. The second kappa shape index (κ2) is 5.89. The van der Waals surface area contributed by atoms with Crippen LogP contribution < -0.4 is 0 Å². The first-order valence-electron chi connectivity index (χ1n) is 5.15. The summed E-state index contributed by atoms with van der Waals surface area (Å²) in [5.41, 5.74) is 0. The SMILES string of the molecule is FC(F)(F)C(F)(F)C(F)(F)C(F)(F)C(F)(F)C(F)(F)C(F)(Br)C(F)(F)F. The van der Waals surface area contributed by atoms with Gasteiger partial charge in [-0.2, -0.15) is 70.2 Å². The predicted molar refractivity (Wildman–Crippen MR) is 49.6 cm³/mol. The van der Waals surface area contributed by atoms with Crippen molar-refractivity contribution in [2.45, 2.75) is 46.5 Å². The lowest BCUT2D eigenvalue weighted by atomic mass is 9.91. The first-order valence-corrected chi connectivity index (χ1v) is 5.94. The third-order valence-electron chi connectivity index (χ3n) is 2.68. The van der Waals surface area contributed by atoms with Gasteiger partial charge in [0.15, 0.2) is 0 Å². The fourth-order valence-electron chi connectivity index (χ4n) is 1.14. The standard InChI is InChI=1S/C8BrF17/c9-1(10,7(21,22)23)2(11,12)3(13,14)4(15,16)5(17,18)6(19,20)8(24,25)26. The Balaban J connectivity index is 6.61. The Kier molecular flexibility index (Phi) is 5.73. The zero-order chi connectivity index (χ0) is 22.0. The minimum Gasteiger partial charge on any atom is -0.214 e. The molecule has 158 valence electrons. The zero-order valence-corrected chi connectivity index (χ0v) is 12.4. The molecule has 0 aromatic heterocycles. The minimum absolute atomic E-state index is 0.199. The van der Waals surface area contributed by atoms with E-state index in [4.69, 9.17) is 0 Å². The van der Waals surface area contributed by atoms with Crippen molar-refractivity contribution >= 4 is 15.9 Å². The smallest absolute Gasteiger partial charge is 0.214 e. The van der Waals surface area contributed by atoms with E-state index in [1.165, 1.54) is 0 Å². The summed E-state index contributed by atoms with van der Waals surface area (Å²) in [6.07, 6.45) is -15.0. The molecule has 0 aliphatic carbocycles. The summed E-state index contributed by atoms with van der Waals surface area (Å²) in [5, 5.41) is 0. The number of hydrogen-bond donors (Lipinski definition) is 0. The van der Waals surface area contributed by atoms with Crippen molar-refractivity contribution in [3.63, 3.8) is 0 Å². The van der Waals surface area contributed by atoms with E-state index in [-0.39, 0.29) is 15.9 Å². The van der Waals surface area contributed by atoms with Gasteiger partial charge in [-0.05, 0) is 15.9 Å². The Bertz CT molecular complexity index is 474. The summed E-state index contributed by atoms with van der Waals surface area (Å²) >= 11 is 0.199. The number of rotatable bonds is 5. The lowest BCUT2D eigenvalue weighted by molar-refractivity contribution is -0.449. The van der Waals surface area contributed by atoms with Crippen molar-refractivity contribution in [3.8, 4) is 0 Å². The van der Waals surface area contributed by atoms with Gasteiger partial charge in [0.25, 0.3) is 0 Å². The van der Waals surface area contributed by atoms with Gasteiger partial charge >= 0.3 is 46.5 Å². The molecule has 0 N–H and O–H groups in total. The third-order valence-corrected chi connectivity index (χ3v) is 3.63. The third kappa shape index (κ3) is 2.98. The maximum Gasteiger partial charge on any atom is 0.460 e. The molecule has 0 aliphatic heterocycles. The first-order chi connectivity index (χ1) is 10.8. The van der Waals surface area contributed by atoms with Crippen LogP contribution >= 0.6 is 15.9 Å². The molecule has 0 nitrogen and oxygen atoms in total. The maximum atomic E-state index is 13.0. The van der Waals surface area contributed by atoms with Gasteiger partial charge in [-0.3, -0.25) is 0 Å². The summed E-state index contributed by atoms with van der Waals surface area (Å²) in [6, 6.07) is 0. The number of alkyl halides is 18. The molecule has 0 aliphatic rings. The second-order valence-corrected chi connectivity index (χ2v) is 5.53. The number of hydrogen-bond acceptors (Lipinski definition) is 0. The average Bonchev–Trinajstić information content (AvgIpc) is 2.34. The van der Waals surface area contributed by atoms with E-state index in [0.717, 1.165) is 0 Å². The van der Waals surface area contributed by atoms with Gasteiger partial charge in [0.2, 0.25) is 0 Å². The van der Waals surface area contributed by atoms with Crippen LogP contribution in [0.3, 0.4) is 0 Å². The predicted octanol–water partition coefficient (Wildman–Crippen LogP) is 6.35. The van der Waals surface area contributed by atoms with E-state index in [1.807, 2.05) is 0 Å². The van der Waals surface area contributed by atoms with Crippen molar-refractivity contribution < 1.29 is 74.6 Å². The normalized spacial score (nSPS) is 18.7. The molecule has 0 rings (SSSR count). The van der Waals surface area contributed by atoms with E-state index >= 15 is 0 Å². The molecular formula is C8BrF17. The van der Waals surface area contributed by atoms with Crippen molar-refractivity contribution in [3.05, 3.63) is 0 Å². The summed E-state index contributed by atoms with van der Waals surface area (Å²) in [6.45, 7) is 0. The Morgan fingerprint density at radius 1 is 0.308 bits per heavy atom. The maximum absolute atomic E-state index is 13.0. The lowest BCUT2D eigenvalue weighted by Crippen LogP contribution is -2.73. The van der Waals surface area contributed by atoms with Crippen molar-refractivity contribution in [1.29, 1.82) is 0 Å². The molecule has 1 unspecified atom stereocenters. The topological polar surface area (TPSA) is 0 Å². The fraction of sp³-hybridized carbons (Fsp3) is 1.00. The largest absolute Gasteiger partial charge is 0.460 e. The molecule has 0 aromatic carbocycles. The van der Waals surface area contributed by atoms with E-state index < -0.39 is 46.5 Å². The molecule has 0 saturated heterocycles. The lowest BCUT2D eigenvalue weighted by Gasteiger charge is -2.42. The van der Waals surface area contributed by atoms with Crippen LogP contribution in [0.4, 0.5) is 74.6 Å². The first kappa shape index (κ1) is 25.3. The van der Waals surface area contributed by atoms with E-state index in [0.29, 0.717) is 0 Å². The molecule has 1 atom stereocenters. The molecule has 0 radical (unpaired) electrons. The van der Waals surface area contributed by atoms with Crippen LogP contribution in [0.25, 0.3) is 0 Å². The van der Waals surface area contributed by atoms with Crippen LogP contribution in [0.1, 0.15) is 0 Å². The van der Waals surface area contributed by atoms with E-state index in [2.05, 4.69) is 0 Å². The van der Waals surface area contributed by atoms with Gasteiger partial charge in [0, 0.05) is 0 Å². The Morgan fingerprint density at radius 2 is 0.538 bits per heavy atom. The highest BCUT2D eigenvalue weighted by Crippen LogP contribution is 2.64. The second-order valence-electron chi connectivity index (χ2n) is 4.44. The van der Waals surface area contributed by atoms with Gasteiger partial charge in [0.05, 0.1) is 0 Å². The summed E-state index contributed by atoms with van der Waals surface area (Å²) < 4.78 is 205. The molecule has 26 heavy (non-hydrogen) atoms. The summed E-state index contributed by atoms with van der Waals surface area (Å²) in [4.78, 5) is 0. The average molecular weight is 499 g/mol. The van der Waals surface area contributed by atoms with Crippen LogP contribution in [0.2, 0.25) is 0 Å². The van der Waals surface area contributed by atoms with E-state index in [1.54, 1.807) is 0 Å². The van der Waals surface area contributed by atoms with Crippen molar-refractivity contribution in [2.24, 2.45) is 0 Å². The Morgan fingerprint density at radius 3 is 0.769 bits per heavy atom. The van der Waals surface area contributed by atoms with Gasteiger partial charge in [-0.15, -0.1) is 0 Å². The summed E-state index contributed by atoms with van der Waals surface area (Å²) in [7, 11) is 0. The highest BCUT2D eigenvalue weighted by Gasteiger charge is 2.94. The quantitative estimate of drug-likeness (QED) is 0.306. The highest BCUT2D eigenvalue weighted by atomic mass is 79.9. The van der Waals surface area contributed by atoms with Gasteiger partial charge in [-0.25, -0.2) is 4.39 Å². The van der Waals surface area contributed by atoms with Gasteiger partial charge in [0.1, 0.15) is 0 Å². The Labute approximate surface area is 138 Å².